The number of hydrogen-bond acceptors (Lipinski definition) is 15. The zero-order valence-electron chi connectivity index (χ0n) is 63.9. The molecule has 0 radical (unpaired) electrons. The average molecular weight is 1440 g/mol. The third-order valence-corrected chi connectivity index (χ3v) is 20.4. The molecule has 0 rings (SSSR count). The van der Waals surface area contributed by atoms with Crippen LogP contribution < -0.4 is 0 Å². The van der Waals surface area contributed by atoms with Crippen LogP contribution in [0.3, 0.4) is 0 Å². The number of carbonyl (C=O) groups excluding carboxylic acids is 4. The molecule has 0 fully saturated rings. The van der Waals surface area contributed by atoms with Crippen molar-refractivity contribution < 1.29 is 80.2 Å². The molecule has 0 heterocycles. The zero-order valence-corrected chi connectivity index (χ0v) is 65.7. The lowest BCUT2D eigenvalue weighted by molar-refractivity contribution is -0.161. The van der Waals surface area contributed by atoms with Gasteiger partial charge >= 0.3 is 39.5 Å². The van der Waals surface area contributed by atoms with Gasteiger partial charge in [0.15, 0.2) is 12.2 Å². The highest BCUT2D eigenvalue weighted by Gasteiger charge is 2.30. The van der Waals surface area contributed by atoms with Crippen LogP contribution in [0.1, 0.15) is 420 Å². The molecule has 5 atom stereocenters. The number of phosphoric ester groups is 2. The number of rotatable bonds is 79. The highest BCUT2D eigenvalue weighted by Crippen LogP contribution is 2.45. The first kappa shape index (κ1) is 96.1. The molecular weight excluding hydrogens is 1280 g/mol. The van der Waals surface area contributed by atoms with Crippen LogP contribution in [0.4, 0.5) is 0 Å². The van der Waals surface area contributed by atoms with E-state index in [1.54, 1.807) is 0 Å². The first-order chi connectivity index (χ1) is 47.5. The minimum atomic E-state index is -4.96. The molecule has 0 spiro atoms. The van der Waals surface area contributed by atoms with Crippen molar-refractivity contribution in [3.05, 3.63) is 0 Å². The van der Waals surface area contributed by atoms with Gasteiger partial charge in [0, 0.05) is 25.7 Å². The molecule has 98 heavy (non-hydrogen) atoms. The van der Waals surface area contributed by atoms with Gasteiger partial charge in [0.2, 0.25) is 0 Å². The summed E-state index contributed by atoms with van der Waals surface area (Å²) in [5.74, 6) is -1.34. The normalized spacial score (nSPS) is 13.9. The highest BCUT2D eigenvalue weighted by atomic mass is 31.2. The number of aliphatic hydroxyl groups excluding tert-OH is 1. The van der Waals surface area contributed by atoms with Gasteiger partial charge in [-0.3, -0.25) is 37.3 Å². The summed E-state index contributed by atoms with van der Waals surface area (Å²) < 4.78 is 68.6. The molecule has 0 aromatic rings. The van der Waals surface area contributed by atoms with Crippen LogP contribution in [0, 0.1) is 5.92 Å². The van der Waals surface area contributed by atoms with Crippen LogP contribution in [0.25, 0.3) is 0 Å². The Labute approximate surface area is 600 Å². The fourth-order valence-electron chi connectivity index (χ4n) is 12.2. The summed E-state index contributed by atoms with van der Waals surface area (Å²) in [5, 5.41) is 10.6. The third-order valence-electron chi connectivity index (χ3n) is 18.5. The van der Waals surface area contributed by atoms with Crippen LogP contribution in [0.5, 0.6) is 0 Å². The van der Waals surface area contributed by atoms with Crippen LogP contribution in [-0.2, 0) is 65.4 Å². The van der Waals surface area contributed by atoms with E-state index in [2.05, 4.69) is 34.6 Å². The Bertz CT molecular complexity index is 1870. The fraction of sp³-hybridized carbons (Fsp3) is 0.949. The maximum atomic E-state index is 13.1. The largest absolute Gasteiger partial charge is 0.472 e. The molecule has 17 nitrogen and oxygen atoms in total. The number of hydrogen-bond donors (Lipinski definition) is 3. The Morgan fingerprint density at radius 2 is 0.469 bits per heavy atom. The minimum absolute atomic E-state index is 0.108. The van der Waals surface area contributed by atoms with Gasteiger partial charge in [-0.05, 0) is 31.6 Å². The molecule has 582 valence electrons. The number of phosphoric acid groups is 2. The Morgan fingerprint density at radius 3 is 0.694 bits per heavy atom. The van der Waals surface area contributed by atoms with Crippen LogP contribution >= 0.6 is 15.6 Å². The molecule has 0 aliphatic heterocycles. The second-order valence-corrected chi connectivity index (χ2v) is 31.8. The Morgan fingerprint density at radius 1 is 0.276 bits per heavy atom. The number of carbonyl (C=O) groups is 4. The van der Waals surface area contributed by atoms with Crippen LogP contribution in [0.2, 0.25) is 0 Å². The van der Waals surface area contributed by atoms with E-state index in [0.717, 1.165) is 95.8 Å². The van der Waals surface area contributed by atoms with Gasteiger partial charge < -0.3 is 33.8 Å². The predicted molar refractivity (Wildman–Crippen MR) is 400 cm³/mol. The summed E-state index contributed by atoms with van der Waals surface area (Å²) in [5.41, 5.74) is 0. The Hall–Kier alpha value is -1.94. The van der Waals surface area contributed by atoms with E-state index in [-0.39, 0.29) is 25.7 Å². The van der Waals surface area contributed by atoms with E-state index in [9.17, 15) is 43.2 Å². The van der Waals surface area contributed by atoms with Crippen molar-refractivity contribution in [3.63, 3.8) is 0 Å². The molecule has 0 bridgehead atoms. The second kappa shape index (κ2) is 72.0. The molecule has 0 saturated heterocycles. The predicted octanol–water partition coefficient (Wildman–Crippen LogP) is 23.6. The molecule has 0 aliphatic rings. The lowest BCUT2D eigenvalue weighted by atomic mass is 10.0. The smallest absolute Gasteiger partial charge is 0.462 e. The summed E-state index contributed by atoms with van der Waals surface area (Å²) in [6, 6.07) is 0. The van der Waals surface area contributed by atoms with Gasteiger partial charge in [0.25, 0.3) is 0 Å². The number of esters is 4. The summed E-state index contributed by atoms with van der Waals surface area (Å²) in [4.78, 5) is 72.9. The molecule has 0 amide bonds. The molecule has 0 aliphatic carbocycles. The van der Waals surface area contributed by atoms with Gasteiger partial charge in [0.05, 0.1) is 26.4 Å². The van der Waals surface area contributed by atoms with Crippen LogP contribution in [0.15, 0.2) is 0 Å². The van der Waals surface area contributed by atoms with Crippen molar-refractivity contribution in [3.8, 4) is 0 Å². The second-order valence-electron chi connectivity index (χ2n) is 28.9. The molecule has 3 N–H and O–H groups in total. The van der Waals surface area contributed by atoms with Crippen molar-refractivity contribution in [2.45, 2.75) is 438 Å². The molecule has 2 unspecified atom stereocenters. The number of unbranched alkanes of at least 4 members (excludes halogenated alkanes) is 51. The fourth-order valence-corrected chi connectivity index (χ4v) is 13.8. The average Bonchev–Trinajstić information content (AvgIpc) is 1.11. The topological polar surface area (TPSA) is 237 Å². The standard InChI is InChI=1S/C79H154O17P2/c1-6-9-12-15-18-21-23-25-26-27-28-29-30-31-32-33-35-39-45-50-55-60-65-79(84)96-75(69-90-77(82)63-58-53-48-43-40-36-37-42-46-51-56-61-72(4)5)71-94-98(87,88)92-67-73(80)66-91-97(85,86)93-70-74(68-89-76(81)62-57-52-47-41-20-17-14-11-8-3)95-78(83)64-59-54-49-44-38-34-24-22-19-16-13-10-7-2/h72-75,80H,6-71H2,1-5H3,(H,85,86)(H,87,88)/t73-,74+,75+/m0/s1. The molecule has 0 aromatic heterocycles. The van der Waals surface area contributed by atoms with Gasteiger partial charge in [-0.15, -0.1) is 0 Å². The van der Waals surface area contributed by atoms with E-state index >= 15 is 0 Å². The van der Waals surface area contributed by atoms with Gasteiger partial charge in [0.1, 0.15) is 19.3 Å². The maximum absolute atomic E-state index is 13.1. The maximum Gasteiger partial charge on any atom is 0.472 e. The molecule has 0 aromatic carbocycles. The van der Waals surface area contributed by atoms with Crippen molar-refractivity contribution in [1.29, 1.82) is 0 Å². The lowest BCUT2D eigenvalue weighted by Gasteiger charge is -2.21. The van der Waals surface area contributed by atoms with E-state index in [4.69, 9.17) is 37.0 Å². The minimum Gasteiger partial charge on any atom is -0.462 e. The quantitative estimate of drug-likeness (QED) is 0.0222. The monoisotopic (exact) mass is 1440 g/mol. The summed E-state index contributed by atoms with van der Waals surface area (Å²) in [7, 11) is -9.91. The third kappa shape index (κ3) is 72.4. The molecule has 19 heteroatoms. The molecule has 0 saturated carbocycles. The van der Waals surface area contributed by atoms with E-state index in [1.807, 2.05) is 0 Å². The van der Waals surface area contributed by atoms with Crippen molar-refractivity contribution in [1.82, 2.24) is 0 Å². The summed E-state index contributed by atoms with van der Waals surface area (Å²) in [6.07, 6.45) is 62.5. The zero-order chi connectivity index (χ0) is 71.9. The Balaban J connectivity index is 5.18. The Kier molecular flexibility index (Phi) is 70.6. The van der Waals surface area contributed by atoms with Gasteiger partial charge in [-0.25, -0.2) is 9.13 Å². The molecular formula is C79H154O17P2. The van der Waals surface area contributed by atoms with Crippen molar-refractivity contribution in [2.75, 3.05) is 39.6 Å². The van der Waals surface area contributed by atoms with Crippen LogP contribution in [-0.4, -0.2) is 96.7 Å². The lowest BCUT2D eigenvalue weighted by Crippen LogP contribution is -2.30. The van der Waals surface area contributed by atoms with E-state index in [1.165, 1.54) is 244 Å². The first-order valence-electron chi connectivity index (χ1n) is 41.1. The SMILES string of the molecule is CCCCCCCCCCCCCCCCCCCCCCCCC(=O)O[C@H](COC(=O)CCCCCCCCCCCCCC(C)C)COP(=O)(O)OC[C@@H](O)COP(=O)(O)OC[C@@H](COC(=O)CCCCCCCCCCC)OC(=O)CCCCCCCCCCCCCCC. The van der Waals surface area contributed by atoms with Gasteiger partial charge in [-0.2, -0.15) is 0 Å². The van der Waals surface area contributed by atoms with Crippen molar-refractivity contribution in [2.24, 2.45) is 5.92 Å². The number of aliphatic hydroxyl groups is 1. The summed E-state index contributed by atoms with van der Waals surface area (Å²) in [6.45, 7) is 7.30. The van der Waals surface area contributed by atoms with E-state index in [0.29, 0.717) is 25.7 Å². The summed E-state index contributed by atoms with van der Waals surface area (Å²) >= 11 is 0. The highest BCUT2D eigenvalue weighted by molar-refractivity contribution is 7.47. The van der Waals surface area contributed by atoms with Gasteiger partial charge in [-0.1, -0.05) is 369 Å². The van der Waals surface area contributed by atoms with E-state index < -0.39 is 97.5 Å². The first-order valence-corrected chi connectivity index (χ1v) is 44.1. The number of ether oxygens (including phenoxy) is 4. The van der Waals surface area contributed by atoms with Crippen molar-refractivity contribution >= 4 is 39.5 Å².